The third-order valence-corrected chi connectivity index (χ3v) is 3.09. The summed E-state index contributed by atoms with van der Waals surface area (Å²) in [5, 5.41) is 8.28. The summed E-state index contributed by atoms with van der Waals surface area (Å²) in [6, 6.07) is 1.97. The highest BCUT2D eigenvalue weighted by molar-refractivity contribution is 5.72. The van der Waals surface area contributed by atoms with Crippen molar-refractivity contribution in [1.82, 2.24) is 20.0 Å². The molecule has 5 nitrogen and oxygen atoms in total. The van der Waals surface area contributed by atoms with Crippen molar-refractivity contribution in [3.05, 3.63) is 18.5 Å². The highest BCUT2D eigenvalue weighted by atomic mass is 16.5. The first-order chi connectivity index (χ1) is 7.93. The first-order valence-electron chi connectivity index (χ1n) is 5.64. The topological polar surface area (TPSA) is 52.8 Å². The largest absolute Gasteiger partial charge is 0.381 e. The number of rotatable bonds is 2. The number of pyridine rings is 1. The van der Waals surface area contributed by atoms with E-state index in [1.165, 1.54) is 0 Å². The predicted octanol–water partition coefficient (Wildman–Crippen LogP) is 1.25. The molecule has 0 spiro atoms. The van der Waals surface area contributed by atoms with Crippen LogP contribution >= 0.6 is 0 Å². The number of aromatic nitrogens is 4. The zero-order valence-electron chi connectivity index (χ0n) is 9.04. The quantitative estimate of drug-likeness (QED) is 0.761. The lowest BCUT2D eigenvalue weighted by atomic mass is 10.0. The second-order valence-electron chi connectivity index (χ2n) is 4.19. The molecule has 3 heterocycles. The second kappa shape index (κ2) is 4.17. The van der Waals surface area contributed by atoms with Gasteiger partial charge in [0, 0.05) is 26.0 Å². The number of nitrogens with zero attached hydrogens (tertiary/aromatic N) is 4. The molecule has 0 radical (unpaired) electrons. The fourth-order valence-corrected chi connectivity index (χ4v) is 2.13. The fourth-order valence-electron chi connectivity index (χ4n) is 2.13. The van der Waals surface area contributed by atoms with Gasteiger partial charge in [-0.05, 0) is 24.8 Å². The molecule has 2 aromatic rings. The zero-order chi connectivity index (χ0) is 10.8. The molecule has 0 N–H and O–H groups in total. The third-order valence-electron chi connectivity index (χ3n) is 3.09. The van der Waals surface area contributed by atoms with Crippen molar-refractivity contribution in [2.75, 3.05) is 13.2 Å². The minimum atomic E-state index is 0.659. The summed E-state index contributed by atoms with van der Waals surface area (Å²) in [5.41, 5.74) is 1.94. The van der Waals surface area contributed by atoms with E-state index in [0.29, 0.717) is 5.92 Å². The molecule has 3 rings (SSSR count). The minimum absolute atomic E-state index is 0.659. The SMILES string of the molecule is c1cc2c(cn1)nnn2CC1CCOCC1. The van der Waals surface area contributed by atoms with E-state index in [1.54, 1.807) is 12.4 Å². The van der Waals surface area contributed by atoms with Gasteiger partial charge in [0.25, 0.3) is 0 Å². The van der Waals surface area contributed by atoms with Gasteiger partial charge in [-0.2, -0.15) is 0 Å². The van der Waals surface area contributed by atoms with E-state index in [-0.39, 0.29) is 0 Å². The average Bonchev–Trinajstić information content (AvgIpc) is 2.74. The summed E-state index contributed by atoms with van der Waals surface area (Å²) in [5.74, 6) is 0.659. The Labute approximate surface area is 93.4 Å². The molecule has 5 heteroatoms. The molecule has 1 aliphatic heterocycles. The van der Waals surface area contributed by atoms with Gasteiger partial charge in [-0.25, -0.2) is 4.68 Å². The van der Waals surface area contributed by atoms with Crippen LogP contribution in [0.4, 0.5) is 0 Å². The van der Waals surface area contributed by atoms with Gasteiger partial charge in [-0.1, -0.05) is 5.21 Å². The summed E-state index contributed by atoms with van der Waals surface area (Å²) in [4.78, 5) is 4.04. The Kier molecular flexibility index (Phi) is 2.53. The maximum Gasteiger partial charge on any atom is 0.131 e. The maximum absolute atomic E-state index is 5.35. The van der Waals surface area contributed by atoms with Crippen LogP contribution in [0.2, 0.25) is 0 Å². The number of hydrogen-bond donors (Lipinski definition) is 0. The Morgan fingerprint density at radius 1 is 1.38 bits per heavy atom. The molecule has 16 heavy (non-hydrogen) atoms. The lowest BCUT2D eigenvalue weighted by Gasteiger charge is -2.21. The van der Waals surface area contributed by atoms with Crippen molar-refractivity contribution < 1.29 is 4.74 Å². The summed E-state index contributed by atoms with van der Waals surface area (Å²) in [7, 11) is 0. The molecule has 0 aliphatic carbocycles. The molecule has 1 fully saturated rings. The van der Waals surface area contributed by atoms with Crippen LogP contribution in [-0.2, 0) is 11.3 Å². The smallest absolute Gasteiger partial charge is 0.131 e. The van der Waals surface area contributed by atoms with E-state index in [2.05, 4.69) is 15.3 Å². The van der Waals surface area contributed by atoms with Gasteiger partial charge in [0.2, 0.25) is 0 Å². The van der Waals surface area contributed by atoms with Gasteiger partial charge in [0.05, 0.1) is 11.7 Å². The van der Waals surface area contributed by atoms with Crippen molar-refractivity contribution in [3.8, 4) is 0 Å². The Hall–Kier alpha value is -1.49. The lowest BCUT2D eigenvalue weighted by molar-refractivity contribution is 0.0604. The van der Waals surface area contributed by atoms with Gasteiger partial charge < -0.3 is 4.74 Å². The van der Waals surface area contributed by atoms with Gasteiger partial charge in [0.15, 0.2) is 0 Å². The summed E-state index contributed by atoms with van der Waals surface area (Å²) < 4.78 is 7.33. The fraction of sp³-hybridized carbons (Fsp3) is 0.545. The molecular weight excluding hydrogens is 204 g/mol. The molecule has 0 bridgehead atoms. The first kappa shape index (κ1) is 9.72. The monoisotopic (exact) mass is 218 g/mol. The van der Waals surface area contributed by atoms with Gasteiger partial charge in [-0.3, -0.25) is 4.98 Å². The molecule has 0 aromatic carbocycles. The van der Waals surface area contributed by atoms with Crippen LogP contribution in [-0.4, -0.2) is 33.2 Å². The van der Waals surface area contributed by atoms with Crippen LogP contribution in [0.5, 0.6) is 0 Å². The van der Waals surface area contributed by atoms with Crippen LogP contribution in [0.25, 0.3) is 11.0 Å². The maximum atomic E-state index is 5.35. The standard InChI is InChI=1S/C11H14N4O/c1-4-12-7-10-11(1)15(14-13-10)8-9-2-5-16-6-3-9/h1,4,7,9H,2-3,5-6,8H2. The molecule has 84 valence electrons. The van der Waals surface area contributed by atoms with Gasteiger partial charge in [-0.15, -0.1) is 5.10 Å². The normalized spacial score (nSPS) is 18.0. The molecule has 0 unspecified atom stereocenters. The van der Waals surface area contributed by atoms with Gasteiger partial charge in [0.1, 0.15) is 5.52 Å². The Morgan fingerprint density at radius 3 is 3.12 bits per heavy atom. The lowest BCUT2D eigenvalue weighted by Crippen LogP contribution is -2.20. The average molecular weight is 218 g/mol. The Morgan fingerprint density at radius 2 is 2.25 bits per heavy atom. The van der Waals surface area contributed by atoms with Crippen molar-refractivity contribution in [1.29, 1.82) is 0 Å². The predicted molar refractivity (Wildman–Crippen MR) is 58.9 cm³/mol. The van der Waals surface area contributed by atoms with Crippen LogP contribution in [0.3, 0.4) is 0 Å². The summed E-state index contributed by atoms with van der Waals surface area (Å²) in [6.45, 7) is 2.68. The molecular formula is C11H14N4O. The van der Waals surface area contributed by atoms with E-state index < -0.39 is 0 Å². The van der Waals surface area contributed by atoms with Crippen molar-refractivity contribution in [3.63, 3.8) is 0 Å². The van der Waals surface area contributed by atoms with Crippen LogP contribution < -0.4 is 0 Å². The summed E-state index contributed by atoms with van der Waals surface area (Å²) >= 11 is 0. The number of hydrogen-bond acceptors (Lipinski definition) is 4. The van der Waals surface area contributed by atoms with E-state index in [4.69, 9.17) is 4.74 Å². The minimum Gasteiger partial charge on any atom is -0.381 e. The molecule has 1 aliphatic rings. The third kappa shape index (κ3) is 1.78. The van der Waals surface area contributed by atoms with Crippen molar-refractivity contribution in [2.24, 2.45) is 5.92 Å². The van der Waals surface area contributed by atoms with Gasteiger partial charge >= 0.3 is 0 Å². The van der Waals surface area contributed by atoms with E-state index in [1.807, 2.05) is 10.7 Å². The van der Waals surface area contributed by atoms with Crippen LogP contribution in [0, 0.1) is 5.92 Å². The second-order valence-corrected chi connectivity index (χ2v) is 4.19. The first-order valence-corrected chi connectivity index (χ1v) is 5.64. The van der Waals surface area contributed by atoms with E-state index in [9.17, 15) is 0 Å². The molecule has 0 amide bonds. The highest BCUT2D eigenvalue weighted by Gasteiger charge is 2.16. The Bertz CT molecular complexity index is 476. The highest BCUT2D eigenvalue weighted by Crippen LogP contribution is 2.18. The zero-order valence-corrected chi connectivity index (χ0v) is 9.04. The molecule has 1 saturated heterocycles. The van der Waals surface area contributed by atoms with Crippen molar-refractivity contribution in [2.45, 2.75) is 19.4 Å². The van der Waals surface area contributed by atoms with Crippen molar-refractivity contribution >= 4 is 11.0 Å². The number of fused-ring (bicyclic) bond motifs is 1. The van der Waals surface area contributed by atoms with E-state index >= 15 is 0 Å². The Balaban J connectivity index is 1.83. The summed E-state index contributed by atoms with van der Waals surface area (Å²) in [6.07, 6.45) is 5.77. The molecule has 2 aromatic heterocycles. The van der Waals surface area contributed by atoms with Crippen LogP contribution in [0.15, 0.2) is 18.5 Å². The molecule has 0 atom stereocenters. The van der Waals surface area contributed by atoms with E-state index in [0.717, 1.165) is 43.6 Å². The van der Waals surface area contributed by atoms with Crippen LogP contribution in [0.1, 0.15) is 12.8 Å². The molecule has 0 saturated carbocycles. The number of ether oxygens (including phenoxy) is 1.